The van der Waals surface area contributed by atoms with Crippen LogP contribution in [-0.4, -0.2) is 20.6 Å². The molecule has 2 rings (SSSR count). The van der Waals surface area contributed by atoms with Crippen LogP contribution in [0.4, 0.5) is 0 Å². The van der Waals surface area contributed by atoms with Crippen LogP contribution >= 0.6 is 11.3 Å². The maximum absolute atomic E-state index is 10.9. The molecule has 0 fully saturated rings. The van der Waals surface area contributed by atoms with E-state index in [4.69, 9.17) is 5.11 Å². The average Bonchev–Trinajstić information content (AvgIpc) is 2.89. The van der Waals surface area contributed by atoms with E-state index in [1.807, 2.05) is 13.1 Å². The molecule has 0 unspecified atom stereocenters. The Balaban J connectivity index is 2.23. The van der Waals surface area contributed by atoms with Gasteiger partial charge < -0.3 is 9.67 Å². The standard InChI is InChI=1S/C13H16N2O2S/c1-3-5-15-6-4-14-12(15)8-10-9(2)7-11(18-10)13(16)17/h4,6-7H,3,5,8H2,1-2H3,(H,16,17). The highest BCUT2D eigenvalue weighted by Crippen LogP contribution is 2.24. The zero-order valence-electron chi connectivity index (χ0n) is 10.5. The number of aryl methyl sites for hydroxylation is 2. The molecular weight excluding hydrogens is 248 g/mol. The molecule has 5 heteroatoms. The van der Waals surface area contributed by atoms with Gasteiger partial charge in [0.05, 0.1) is 0 Å². The molecular formula is C13H16N2O2S. The van der Waals surface area contributed by atoms with Crippen LogP contribution < -0.4 is 0 Å². The van der Waals surface area contributed by atoms with E-state index >= 15 is 0 Å². The summed E-state index contributed by atoms with van der Waals surface area (Å²) in [7, 11) is 0. The Morgan fingerprint density at radius 1 is 1.56 bits per heavy atom. The number of hydrogen-bond acceptors (Lipinski definition) is 3. The van der Waals surface area contributed by atoms with E-state index in [-0.39, 0.29) is 0 Å². The van der Waals surface area contributed by atoms with Crippen molar-refractivity contribution in [3.63, 3.8) is 0 Å². The van der Waals surface area contributed by atoms with Crippen LogP contribution in [0.1, 0.15) is 39.3 Å². The fourth-order valence-corrected chi connectivity index (χ4v) is 2.91. The monoisotopic (exact) mass is 264 g/mol. The number of nitrogens with zero attached hydrogens (tertiary/aromatic N) is 2. The largest absolute Gasteiger partial charge is 0.477 e. The summed E-state index contributed by atoms with van der Waals surface area (Å²) in [5, 5.41) is 8.98. The number of hydrogen-bond donors (Lipinski definition) is 1. The van der Waals surface area contributed by atoms with E-state index in [2.05, 4.69) is 16.5 Å². The van der Waals surface area contributed by atoms with Gasteiger partial charge in [-0.3, -0.25) is 0 Å². The molecule has 0 bridgehead atoms. The van der Waals surface area contributed by atoms with Crippen LogP contribution in [-0.2, 0) is 13.0 Å². The number of carboxylic acids is 1. The molecule has 1 N–H and O–H groups in total. The minimum atomic E-state index is -0.855. The van der Waals surface area contributed by atoms with Crippen molar-refractivity contribution in [2.24, 2.45) is 0 Å². The molecule has 2 aromatic heterocycles. The van der Waals surface area contributed by atoms with Crippen molar-refractivity contribution in [3.05, 3.63) is 39.6 Å². The minimum Gasteiger partial charge on any atom is -0.477 e. The van der Waals surface area contributed by atoms with Crippen LogP contribution in [0.25, 0.3) is 0 Å². The average molecular weight is 264 g/mol. The third-order valence-corrected chi connectivity index (χ3v) is 4.04. The summed E-state index contributed by atoms with van der Waals surface area (Å²) in [5.41, 5.74) is 1.03. The van der Waals surface area contributed by atoms with Gasteiger partial charge in [-0.1, -0.05) is 6.92 Å². The number of imidazole rings is 1. The highest BCUT2D eigenvalue weighted by molar-refractivity contribution is 7.14. The lowest BCUT2D eigenvalue weighted by Crippen LogP contribution is -2.03. The predicted molar refractivity (Wildman–Crippen MR) is 71.3 cm³/mol. The molecule has 0 aromatic carbocycles. The zero-order chi connectivity index (χ0) is 13.1. The maximum atomic E-state index is 10.9. The van der Waals surface area contributed by atoms with Crippen molar-refractivity contribution in [2.45, 2.75) is 33.2 Å². The van der Waals surface area contributed by atoms with Crippen LogP contribution in [0.5, 0.6) is 0 Å². The van der Waals surface area contributed by atoms with Crippen molar-refractivity contribution >= 4 is 17.3 Å². The third kappa shape index (κ3) is 2.61. The minimum absolute atomic E-state index is 0.399. The van der Waals surface area contributed by atoms with E-state index in [0.29, 0.717) is 11.3 Å². The summed E-state index contributed by atoms with van der Waals surface area (Å²) >= 11 is 1.34. The van der Waals surface area contributed by atoms with E-state index in [0.717, 1.165) is 29.2 Å². The first-order valence-corrected chi connectivity index (χ1v) is 6.76. The van der Waals surface area contributed by atoms with Crippen LogP contribution in [0, 0.1) is 6.92 Å². The number of aromatic carboxylic acids is 1. The molecule has 96 valence electrons. The van der Waals surface area contributed by atoms with Crippen molar-refractivity contribution < 1.29 is 9.90 Å². The van der Waals surface area contributed by atoms with Crippen LogP contribution in [0.2, 0.25) is 0 Å². The fraction of sp³-hybridized carbons (Fsp3) is 0.385. The van der Waals surface area contributed by atoms with E-state index < -0.39 is 5.97 Å². The number of carboxylic acid groups (broad SMARTS) is 1. The first-order valence-electron chi connectivity index (χ1n) is 5.94. The SMILES string of the molecule is CCCn1ccnc1Cc1sc(C(=O)O)cc1C. The molecule has 0 radical (unpaired) electrons. The van der Waals surface area contributed by atoms with Gasteiger partial charge in [-0.05, 0) is 25.0 Å². The van der Waals surface area contributed by atoms with E-state index in [1.54, 1.807) is 12.3 Å². The molecule has 0 spiro atoms. The lowest BCUT2D eigenvalue weighted by Gasteiger charge is -2.05. The van der Waals surface area contributed by atoms with Gasteiger partial charge in [-0.25, -0.2) is 9.78 Å². The van der Waals surface area contributed by atoms with Crippen LogP contribution in [0.3, 0.4) is 0 Å². The summed E-state index contributed by atoms with van der Waals surface area (Å²) in [4.78, 5) is 16.8. The molecule has 4 nitrogen and oxygen atoms in total. The zero-order valence-corrected chi connectivity index (χ0v) is 11.3. The number of thiophene rings is 1. The Morgan fingerprint density at radius 3 is 2.94 bits per heavy atom. The van der Waals surface area contributed by atoms with Gasteiger partial charge in [-0.15, -0.1) is 11.3 Å². The van der Waals surface area contributed by atoms with Gasteiger partial charge in [0.25, 0.3) is 0 Å². The van der Waals surface area contributed by atoms with E-state index in [1.165, 1.54) is 11.3 Å². The van der Waals surface area contributed by atoms with Crippen LogP contribution in [0.15, 0.2) is 18.5 Å². The molecule has 0 aliphatic carbocycles. The van der Waals surface area contributed by atoms with Gasteiger partial charge in [0.15, 0.2) is 0 Å². The molecule has 0 aliphatic rings. The van der Waals surface area contributed by atoms with Gasteiger partial charge >= 0.3 is 5.97 Å². The summed E-state index contributed by atoms with van der Waals surface area (Å²) in [6.45, 7) is 5.03. The molecule has 0 saturated heterocycles. The van der Waals surface area contributed by atoms with Gasteiger partial charge in [0.2, 0.25) is 0 Å². The molecule has 0 aliphatic heterocycles. The van der Waals surface area contributed by atoms with Crippen molar-refractivity contribution in [1.82, 2.24) is 9.55 Å². The number of rotatable bonds is 5. The number of carbonyl (C=O) groups is 1. The summed E-state index contributed by atoms with van der Waals surface area (Å²) in [6, 6.07) is 1.73. The number of aromatic nitrogens is 2. The normalized spacial score (nSPS) is 10.8. The third-order valence-electron chi connectivity index (χ3n) is 2.82. The smallest absolute Gasteiger partial charge is 0.345 e. The Morgan fingerprint density at radius 2 is 2.33 bits per heavy atom. The first kappa shape index (κ1) is 12.8. The quantitative estimate of drug-likeness (QED) is 0.903. The molecule has 0 saturated carbocycles. The van der Waals surface area contributed by atoms with E-state index in [9.17, 15) is 4.79 Å². The van der Waals surface area contributed by atoms with Crippen molar-refractivity contribution in [3.8, 4) is 0 Å². The molecule has 2 heterocycles. The second-order valence-corrected chi connectivity index (χ2v) is 5.37. The second kappa shape index (κ2) is 5.35. The summed E-state index contributed by atoms with van der Waals surface area (Å²) in [5.74, 6) is 0.144. The maximum Gasteiger partial charge on any atom is 0.345 e. The molecule has 0 amide bonds. The topological polar surface area (TPSA) is 55.1 Å². The Bertz CT molecular complexity index is 557. The molecule has 18 heavy (non-hydrogen) atoms. The molecule has 2 aromatic rings. The summed E-state index contributed by atoms with van der Waals surface area (Å²) in [6.07, 6.45) is 5.54. The predicted octanol–water partition coefficient (Wildman–Crippen LogP) is 2.95. The molecule has 0 atom stereocenters. The highest BCUT2D eigenvalue weighted by atomic mass is 32.1. The lowest BCUT2D eigenvalue weighted by molar-refractivity contribution is 0.0702. The summed E-state index contributed by atoms with van der Waals surface area (Å²) < 4.78 is 2.12. The fourth-order valence-electron chi connectivity index (χ4n) is 1.90. The van der Waals surface area contributed by atoms with Gasteiger partial charge in [0.1, 0.15) is 10.7 Å². The van der Waals surface area contributed by atoms with Crippen molar-refractivity contribution in [2.75, 3.05) is 0 Å². The lowest BCUT2D eigenvalue weighted by atomic mass is 10.2. The van der Waals surface area contributed by atoms with Gasteiger partial charge in [-0.2, -0.15) is 0 Å². The second-order valence-electron chi connectivity index (χ2n) is 4.24. The Hall–Kier alpha value is -1.62. The Labute approximate surface area is 110 Å². The van der Waals surface area contributed by atoms with Gasteiger partial charge in [0, 0.05) is 30.2 Å². The first-order chi connectivity index (χ1) is 8.61. The highest BCUT2D eigenvalue weighted by Gasteiger charge is 2.13. The van der Waals surface area contributed by atoms with Crippen molar-refractivity contribution in [1.29, 1.82) is 0 Å². The Kier molecular flexibility index (Phi) is 3.81.